The molecule has 2 aliphatic rings. The third kappa shape index (κ3) is 2.30. The van der Waals surface area contributed by atoms with E-state index in [4.69, 9.17) is 4.74 Å². The molecule has 2 aliphatic heterocycles. The van der Waals surface area contributed by atoms with E-state index in [0.717, 1.165) is 0 Å². The number of pyridine rings is 1. The van der Waals surface area contributed by atoms with Crippen molar-refractivity contribution in [3.63, 3.8) is 0 Å². The number of Topliss-reactive ketones (excluding diaryl/α,β-unsaturated/α-hetero) is 1. The summed E-state index contributed by atoms with van der Waals surface area (Å²) >= 11 is 0. The fourth-order valence-electron chi connectivity index (χ4n) is 2.55. The van der Waals surface area contributed by atoms with Gasteiger partial charge in [0.25, 0.3) is 0 Å². The van der Waals surface area contributed by atoms with E-state index in [-0.39, 0.29) is 67.9 Å². The van der Waals surface area contributed by atoms with Crippen molar-refractivity contribution in [1.82, 2.24) is 9.47 Å². The van der Waals surface area contributed by atoms with Crippen LogP contribution in [0.15, 0.2) is 11.0 Å². The first-order valence-electron chi connectivity index (χ1n) is 6.11. The number of amides is 1. The molecule has 0 aromatic carbocycles. The van der Waals surface area contributed by atoms with Gasteiger partial charge in [0.2, 0.25) is 0 Å². The number of aromatic nitrogens is 1. The van der Waals surface area contributed by atoms with Gasteiger partial charge in [0.05, 0.1) is 18.6 Å². The van der Waals surface area contributed by atoms with Gasteiger partial charge in [-0.25, -0.2) is 0 Å². The van der Waals surface area contributed by atoms with Crippen molar-refractivity contribution >= 4 is 11.7 Å². The predicted octanol–water partition coefficient (Wildman–Crippen LogP) is 0.0492. The molecule has 0 aliphatic carbocycles. The second kappa shape index (κ2) is 5.50. The molecular formula is C13H13N2O4Y-. The summed E-state index contributed by atoms with van der Waals surface area (Å²) in [5, 5.41) is 0. The zero-order chi connectivity index (χ0) is 13.7. The van der Waals surface area contributed by atoms with Gasteiger partial charge in [0.15, 0.2) is 5.91 Å². The summed E-state index contributed by atoms with van der Waals surface area (Å²) in [6.07, 6.45) is 1.10. The van der Waals surface area contributed by atoms with Gasteiger partial charge >= 0.3 is 0 Å². The van der Waals surface area contributed by atoms with E-state index >= 15 is 0 Å². The molecule has 1 amide bonds. The van der Waals surface area contributed by atoms with Crippen molar-refractivity contribution in [3.8, 4) is 0 Å². The van der Waals surface area contributed by atoms with E-state index in [1.807, 2.05) is 6.92 Å². The van der Waals surface area contributed by atoms with E-state index in [0.29, 0.717) is 13.2 Å². The molecule has 1 fully saturated rings. The topological polar surface area (TPSA) is 68.6 Å². The summed E-state index contributed by atoms with van der Waals surface area (Å²) in [5.41, 5.74) is -0.280. The van der Waals surface area contributed by atoms with Gasteiger partial charge in [-0.05, 0) is 31.3 Å². The SMILES string of the molecule is CC(=O)c1cn2c([c-]c1=O)C(=O)N1[C@@H](C)CO[C@@H]1C2.[Y]. The number of hydrogen-bond donors (Lipinski definition) is 0. The second-order valence-electron chi connectivity index (χ2n) is 4.90. The van der Waals surface area contributed by atoms with Crippen molar-refractivity contribution in [2.75, 3.05) is 6.61 Å². The van der Waals surface area contributed by atoms with Crippen LogP contribution < -0.4 is 5.43 Å². The molecule has 2 atom stereocenters. The van der Waals surface area contributed by atoms with E-state index in [1.165, 1.54) is 13.1 Å². The molecule has 1 aromatic heterocycles. The number of carbonyl (C=O) groups excluding carboxylic acids is 2. The van der Waals surface area contributed by atoms with Crippen LogP contribution in [-0.2, 0) is 44.0 Å². The summed E-state index contributed by atoms with van der Waals surface area (Å²) in [6.45, 7) is 4.12. The summed E-state index contributed by atoms with van der Waals surface area (Å²) < 4.78 is 7.12. The molecule has 103 valence electrons. The predicted molar refractivity (Wildman–Crippen MR) is 64.9 cm³/mol. The molecule has 1 saturated heterocycles. The Kier molecular flexibility index (Phi) is 4.28. The molecule has 0 N–H and O–H groups in total. The maximum Gasteiger partial charge on any atom is 0.168 e. The Bertz CT molecular complexity index is 640. The average molecular weight is 350 g/mol. The smallest absolute Gasteiger partial charge is 0.168 e. The molecule has 0 spiro atoms. The van der Waals surface area contributed by atoms with Crippen LogP contribution in [0.1, 0.15) is 34.7 Å². The Morgan fingerprint density at radius 2 is 2.15 bits per heavy atom. The van der Waals surface area contributed by atoms with Gasteiger partial charge in [0.1, 0.15) is 12.0 Å². The van der Waals surface area contributed by atoms with E-state index < -0.39 is 5.43 Å². The fraction of sp³-hybridized carbons (Fsp3) is 0.462. The zero-order valence-electron chi connectivity index (χ0n) is 11.3. The summed E-state index contributed by atoms with van der Waals surface area (Å²) in [5.74, 6) is -0.597. The van der Waals surface area contributed by atoms with Crippen LogP contribution in [0.2, 0.25) is 0 Å². The Balaban J connectivity index is 0.00000147. The van der Waals surface area contributed by atoms with Gasteiger partial charge in [-0.15, -0.1) is 6.07 Å². The third-order valence-corrected chi connectivity index (χ3v) is 3.53. The number of ether oxygens (including phenoxy) is 1. The Labute approximate surface area is 141 Å². The molecule has 6 nitrogen and oxygen atoms in total. The molecule has 1 radical (unpaired) electrons. The third-order valence-electron chi connectivity index (χ3n) is 3.53. The minimum atomic E-state index is -0.529. The first-order valence-corrected chi connectivity index (χ1v) is 6.11. The number of rotatable bonds is 1. The van der Waals surface area contributed by atoms with Crippen molar-refractivity contribution in [2.24, 2.45) is 0 Å². The van der Waals surface area contributed by atoms with Crippen LogP contribution >= 0.6 is 0 Å². The number of fused-ring (bicyclic) bond motifs is 2. The van der Waals surface area contributed by atoms with Crippen LogP contribution in [0.5, 0.6) is 0 Å². The monoisotopic (exact) mass is 350 g/mol. The molecular weight excluding hydrogens is 337 g/mol. The normalized spacial score (nSPS) is 23.9. The van der Waals surface area contributed by atoms with E-state index in [1.54, 1.807) is 9.47 Å². The summed E-state index contributed by atoms with van der Waals surface area (Å²) in [7, 11) is 0. The first-order chi connectivity index (χ1) is 8.99. The second-order valence-corrected chi connectivity index (χ2v) is 4.90. The molecule has 7 heteroatoms. The maximum atomic E-state index is 12.3. The Morgan fingerprint density at radius 1 is 1.45 bits per heavy atom. The zero-order valence-corrected chi connectivity index (χ0v) is 14.1. The summed E-state index contributed by atoms with van der Waals surface area (Å²) in [6, 6.07) is 2.49. The molecule has 0 unspecified atom stereocenters. The van der Waals surface area contributed by atoms with Gasteiger partial charge < -0.3 is 28.6 Å². The van der Waals surface area contributed by atoms with Crippen LogP contribution in [0.25, 0.3) is 0 Å². The van der Waals surface area contributed by atoms with Gasteiger partial charge in [0, 0.05) is 38.8 Å². The van der Waals surface area contributed by atoms with Crippen LogP contribution in [0.4, 0.5) is 0 Å². The molecule has 1 aromatic rings. The van der Waals surface area contributed by atoms with E-state index in [2.05, 4.69) is 6.07 Å². The molecule has 20 heavy (non-hydrogen) atoms. The van der Waals surface area contributed by atoms with Crippen molar-refractivity contribution in [3.05, 3.63) is 33.7 Å². The van der Waals surface area contributed by atoms with Gasteiger partial charge in [-0.1, -0.05) is 0 Å². The minimum Gasteiger partial charge on any atom is -0.372 e. The van der Waals surface area contributed by atoms with Gasteiger partial charge in [-0.3, -0.25) is 0 Å². The Hall–Kier alpha value is -0.846. The van der Waals surface area contributed by atoms with Gasteiger partial charge in [-0.2, -0.15) is 0 Å². The quantitative estimate of drug-likeness (QED) is 0.530. The van der Waals surface area contributed by atoms with Crippen LogP contribution in [0.3, 0.4) is 0 Å². The first kappa shape index (κ1) is 15.5. The largest absolute Gasteiger partial charge is 0.372 e. The number of nitrogens with zero attached hydrogens (tertiary/aromatic N) is 2. The molecule has 0 bridgehead atoms. The fourth-order valence-corrected chi connectivity index (χ4v) is 2.55. The number of hydrogen-bond acceptors (Lipinski definition) is 4. The average Bonchev–Trinajstić information content (AvgIpc) is 2.71. The molecule has 3 rings (SSSR count). The molecule has 0 saturated carbocycles. The standard InChI is InChI=1S/C13H13N2O4.Y/c1-7-6-19-12-5-14-4-9(8(2)16)11(17)3-10(14)13(18)15(7)12;/h4,7,12H,5-6H2,1-2H3;/q-1;/t7-,12+;/m0./s1. The maximum absolute atomic E-state index is 12.3. The number of ketones is 1. The molecule has 3 heterocycles. The van der Waals surface area contributed by atoms with E-state index in [9.17, 15) is 14.4 Å². The van der Waals surface area contributed by atoms with Crippen LogP contribution in [0, 0.1) is 6.07 Å². The van der Waals surface area contributed by atoms with Crippen molar-refractivity contribution in [1.29, 1.82) is 0 Å². The van der Waals surface area contributed by atoms with Crippen molar-refractivity contribution < 1.29 is 47.0 Å². The number of carbonyl (C=O) groups is 2. The minimum absolute atomic E-state index is 0. The van der Waals surface area contributed by atoms with Crippen molar-refractivity contribution in [2.45, 2.75) is 32.7 Å². The summed E-state index contributed by atoms with van der Waals surface area (Å²) in [4.78, 5) is 37.0. The Morgan fingerprint density at radius 3 is 2.80 bits per heavy atom. The van der Waals surface area contributed by atoms with Crippen LogP contribution in [-0.4, -0.2) is 40.0 Å².